The highest BCUT2D eigenvalue weighted by atomic mass is 127. The molecular weight excluding hydrogens is 607 g/mol. The number of ether oxygens (including phenoxy) is 2. The Bertz CT molecular complexity index is 1380. The Morgan fingerprint density at radius 2 is 1.67 bits per heavy atom. The van der Waals surface area contributed by atoms with E-state index in [1.807, 2.05) is 51.1 Å². The van der Waals surface area contributed by atoms with Crippen LogP contribution in [0.15, 0.2) is 52.9 Å². The number of hydrogen-bond donors (Lipinski definition) is 2. The molecule has 0 saturated heterocycles. The van der Waals surface area contributed by atoms with E-state index in [0.717, 1.165) is 63.0 Å². The number of rotatable bonds is 7. The summed E-state index contributed by atoms with van der Waals surface area (Å²) in [4.78, 5) is 39.1. The predicted octanol–water partition coefficient (Wildman–Crippen LogP) is 6.03. The van der Waals surface area contributed by atoms with Crippen molar-refractivity contribution in [2.45, 2.75) is 65.2 Å². The van der Waals surface area contributed by atoms with Crippen LogP contribution in [-0.2, 0) is 14.4 Å². The van der Waals surface area contributed by atoms with Gasteiger partial charge >= 0.3 is 0 Å². The Morgan fingerprint density at radius 3 is 2.31 bits per heavy atom. The lowest BCUT2D eigenvalue weighted by molar-refractivity contribution is -0.118. The zero-order valence-corrected chi connectivity index (χ0v) is 24.7. The third-order valence-corrected chi connectivity index (χ3v) is 8.48. The van der Waals surface area contributed by atoms with Gasteiger partial charge in [-0.15, -0.1) is 0 Å². The number of Topliss-reactive ketones (excluding diaryl/α,β-unsaturated/α-hetero) is 2. The zero-order chi connectivity index (χ0) is 27.7. The molecule has 2 aliphatic carbocycles. The first-order valence-electron chi connectivity index (χ1n) is 13.5. The highest BCUT2D eigenvalue weighted by Gasteiger charge is 2.40. The monoisotopic (exact) mass is 640 g/mol. The maximum Gasteiger partial charge on any atom is 0.262 e. The molecule has 8 heteroatoms. The fourth-order valence-electron chi connectivity index (χ4n) is 5.68. The average Bonchev–Trinajstić information content (AvgIpc) is 2.90. The van der Waals surface area contributed by atoms with Crippen LogP contribution >= 0.6 is 22.6 Å². The standard InChI is InChI=1S/C31H33IN2O5/c1-4-38-26-15-19(14-20(32)31(26)39-16-27(37)34-21-9-5-8-17(2)18(21)3)28-29-22(10-6-12-24(29)35)33-23-11-7-13-25(36)30(23)28/h5,8-9,14-15,28,33H,4,6-7,10-13,16H2,1-3H3,(H,34,37). The molecule has 3 aliphatic rings. The Balaban J connectivity index is 1.47. The van der Waals surface area contributed by atoms with Gasteiger partial charge in [-0.25, -0.2) is 0 Å². The number of carbonyl (C=O) groups excluding carboxylic acids is 3. The Hall–Kier alpha value is -3.14. The van der Waals surface area contributed by atoms with Crippen molar-refractivity contribution in [3.8, 4) is 11.5 Å². The quantitative estimate of drug-likeness (QED) is 0.360. The van der Waals surface area contributed by atoms with Crippen LogP contribution < -0.4 is 20.1 Å². The lowest BCUT2D eigenvalue weighted by Gasteiger charge is -2.37. The van der Waals surface area contributed by atoms with E-state index >= 15 is 0 Å². The maximum atomic E-state index is 13.2. The number of hydrogen-bond acceptors (Lipinski definition) is 6. The van der Waals surface area contributed by atoms with Gasteiger partial charge in [0, 0.05) is 47.0 Å². The summed E-state index contributed by atoms with van der Waals surface area (Å²) in [6.45, 7) is 6.07. The first-order chi connectivity index (χ1) is 18.8. The van der Waals surface area contributed by atoms with Crippen LogP contribution in [0.2, 0.25) is 0 Å². The molecule has 0 fully saturated rings. The van der Waals surface area contributed by atoms with Crippen molar-refractivity contribution in [3.05, 3.63) is 73.1 Å². The van der Waals surface area contributed by atoms with Crippen molar-refractivity contribution in [2.75, 3.05) is 18.5 Å². The van der Waals surface area contributed by atoms with Gasteiger partial charge in [-0.2, -0.15) is 0 Å². The van der Waals surface area contributed by atoms with Gasteiger partial charge in [0.1, 0.15) is 0 Å². The number of nitrogens with one attached hydrogen (secondary N) is 2. The van der Waals surface area contributed by atoms with Gasteiger partial charge in [-0.1, -0.05) is 12.1 Å². The lowest BCUT2D eigenvalue weighted by atomic mass is 9.71. The molecule has 2 aromatic rings. The van der Waals surface area contributed by atoms with Crippen molar-refractivity contribution >= 4 is 45.8 Å². The molecule has 7 nitrogen and oxygen atoms in total. The largest absolute Gasteiger partial charge is 0.490 e. The number of aryl methyl sites for hydroxylation is 1. The molecule has 0 atom stereocenters. The van der Waals surface area contributed by atoms with Crippen LogP contribution in [0.25, 0.3) is 0 Å². The number of amides is 1. The number of anilines is 1. The van der Waals surface area contributed by atoms with Crippen LogP contribution in [0.3, 0.4) is 0 Å². The number of dihydropyridines is 1. The van der Waals surface area contributed by atoms with E-state index in [1.54, 1.807) is 0 Å². The van der Waals surface area contributed by atoms with Crippen LogP contribution in [0, 0.1) is 17.4 Å². The van der Waals surface area contributed by atoms with E-state index in [9.17, 15) is 14.4 Å². The second-order valence-electron chi connectivity index (χ2n) is 10.2. The van der Waals surface area contributed by atoms with Crippen molar-refractivity contribution in [3.63, 3.8) is 0 Å². The molecule has 0 aromatic heterocycles. The maximum absolute atomic E-state index is 13.2. The van der Waals surface area contributed by atoms with Gasteiger partial charge in [0.15, 0.2) is 29.7 Å². The first kappa shape index (κ1) is 27.4. The van der Waals surface area contributed by atoms with Gasteiger partial charge in [0.25, 0.3) is 5.91 Å². The number of ketones is 2. The molecule has 0 radical (unpaired) electrons. The van der Waals surface area contributed by atoms with Crippen LogP contribution in [0.1, 0.15) is 68.1 Å². The summed E-state index contributed by atoms with van der Waals surface area (Å²) >= 11 is 2.18. The normalized spacial score (nSPS) is 17.4. The summed E-state index contributed by atoms with van der Waals surface area (Å²) in [6, 6.07) is 9.61. The Labute approximate surface area is 242 Å². The second kappa shape index (κ2) is 11.5. The first-order valence-corrected chi connectivity index (χ1v) is 14.6. The van der Waals surface area contributed by atoms with E-state index in [-0.39, 0.29) is 24.1 Å². The van der Waals surface area contributed by atoms with Gasteiger partial charge in [-0.3, -0.25) is 14.4 Å². The fourth-order valence-corrected chi connectivity index (χ4v) is 6.47. The molecule has 2 aromatic carbocycles. The Morgan fingerprint density at radius 1 is 1.00 bits per heavy atom. The highest BCUT2D eigenvalue weighted by molar-refractivity contribution is 14.1. The topological polar surface area (TPSA) is 93.7 Å². The van der Waals surface area contributed by atoms with E-state index < -0.39 is 5.92 Å². The minimum Gasteiger partial charge on any atom is -0.490 e. The van der Waals surface area contributed by atoms with Gasteiger partial charge in [0.05, 0.1) is 10.2 Å². The Kier molecular flexibility index (Phi) is 8.11. The van der Waals surface area contributed by atoms with E-state index in [0.29, 0.717) is 42.1 Å². The molecular formula is C31H33IN2O5. The average molecular weight is 641 g/mol. The molecule has 1 heterocycles. The minimum absolute atomic E-state index is 0.0927. The van der Waals surface area contributed by atoms with Crippen molar-refractivity contribution in [2.24, 2.45) is 0 Å². The van der Waals surface area contributed by atoms with Crippen molar-refractivity contribution < 1.29 is 23.9 Å². The molecule has 0 saturated carbocycles. The number of carbonyl (C=O) groups is 3. The van der Waals surface area contributed by atoms with Crippen molar-refractivity contribution in [1.29, 1.82) is 0 Å². The molecule has 5 rings (SSSR count). The fraction of sp³-hybridized carbons (Fsp3) is 0.387. The summed E-state index contributed by atoms with van der Waals surface area (Å²) < 4.78 is 12.7. The summed E-state index contributed by atoms with van der Waals surface area (Å²) in [5.41, 5.74) is 7.00. The van der Waals surface area contributed by atoms with E-state index in [4.69, 9.17) is 9.47 Å². The summed E-state index contributed by atoms with van der Waals surface area (Å²) in [5, 5.41) is 6.38. The van der Waals surface area contributed by atoms with E-state index in [1.165, 1.54) is 0 Å². The number of allylic oxidation sites excluding steroid dienone is 4. The molecule has 204 valence electrons. The third kappa shape index (κ3) is 5.48. The second-order valence-corrected chi connectivity index (χ2v) is 11.4. The van der Waals surface area contributed by atoms with Crippen LogP contribution in [0.5, 0.6) is 11.5 Å². The SMILES string of the molecule is CCOc1cc(C2C3=C(CCCC3=O)NC3=C2C(=O)CCC3)cc(I)c1OCC(=O)Nc1cccc(C)c1C. The zero-order valence-electron chi connectivity index (χ0n) is 22.5. The van der Waals surface area contributed by atoms with Crippen LogP contribution in [-0.4, -0.2) is 30.7 Å². The third-order valence-electron chi connectivity index (χ3n) is 7.68. The van der Waals surface area contributed by atoms with Crippen LogP contribution in [0.4, 0.5) is 5.69 Å². The molecule has 1 aliphatic heterocycles. The number of halogens is 1. The van der Waals surface area contributed by atoms with Gasteiger partial charge in [0.2, 0.25) is 0 Å². The van der Waals surface area contributed by atoms with Gasteiger partial charge < -0.3 is 20.1 Å². The lowest BCUT2D eigenvalue weighted by Crippen LogP contribution is -2.36. The van der Waals surface area contributed by atoms with E-state index in [2.05, 4.69) is 33.2 Å². The van der Waals surface area contributed by atoms with Crippen molar-refractivity contribution in [1.82, 2.24) is 5.32 Å². The highest BCUT2D eigenvalue weighted by Crippen LogP contribution is 2.47. The summed E-state index contributed by atoms with van der Waals surface area (Å²) in [5.74, 6) is 0.457. The summed E-state index contributed by atoms with van der Waals surface area (Å²) in [6.07, 6.45) is 4.20. The predicted molar refractivity (Wildman–Crippen MR) is 158 cm³/mol. The minimum atomic E-state index is -0.425. The molecule has 39 heavy (non-hydrogen) atoms. The number of benzene rings is 2. The van der Waals surface area contributed by atoms with Gasteiger partial charge in [-0.05, 0) is 104 Å². The molecule has 1 amide bonds. The molecule has 0 unspecified atom stereocenters. The summed E-state index contributed by atoms with van der Waals surface area (Å²) in [7, 11) is 0. The molecule has 0 bridgehead atoms. The smallest absolute Gasteiger partial charge is 0.262 e. The molecule has 2 N–H and O–H groups in total. The molecule has 0 spiro atoms.